The van der Waals surface area contributed by atoms with Crippen LogP contribution in [0.25, 0.3) is 6.08 Å². The van der Waals surface area contributed by atoms with Crippen molar-refractivity contribution in [2.45, 2.75) is 32.8 Å². The molecule has 0 saturated heterocycles. The molecule has 0 bridgehead atoms. The zero-order chi connectivity index (χ0) is 20.7. The summed E-state index contributed by atoms with van der Waals surface area (Å²) in [7, 11) is 0. The molecule has 2 amide bonds. The van der Waals surface area contributed by atoms with Crippen molar-refractivity contribution < 1.29 is 23.1 Å². The van der Waals surface area contributed by atoms with Gasteiger partial charge in [0.2, 0.25) is 0 Å². The predicted molar refractivity (Wildman–Crippen MR) is 103 cm³/mol. The van der Waals surface area contributed by atoms with Gasteiger partial charge in [-0.1, -0.05) is 51.1 Å². The molecule has 0 aliphatic heterocycles. The van der Waals surface area contributed by atoms with Gasteiger partial charge < -0.3 is 4.74 Å². The van der Waals surface area contributed by atoms with Crippen LogP contribution < -0.4 is 15.6 Å². The van der Waals surface area contributed by atoms with Gasteiger partial charge in [0.15, 0.2) is 0 Å². The summed E-state index contributed by atoms with van der Waals surface area (Å²) in [6.07, 6.45) is 2.42. The number of hydrogen-bond acceptors (Lipinski definition) is 3. The fourth-order valence-electron chi connectivity index (χ4n) is 2.34. The molecule has 2 N–H and O–H groups in total. The first-order valence-corrected chi connectivity index (χ1v) is 8.59. The summed E-state index contributed by atoms with van der Waals surface area (Å²) in [5.74, 6) is -1.14. The van der Waals surface area contributed by atoms with Gasteiger partial charge in [0, 0.05) is 17.2 Å². The van der Waals surface area contributed by atoms with Gasteiger partial charge in [-0.3, -0.25) is 20.4 Å². The number of carbonyl (C=O) groups is 2. The molecule has 0 fully saturated rings. The zero-order valence-electron chi connectivity index (χ0n) is 15.8. The Bertz CT molecular complexity index is 857. The van der Waals surface area contributed by atoms with Crippen LogP contribution in [0.4, 0.5) is 8.78 Å². The number of hydrogen-bond donors (Lipinski definition) is 2. The van der Waals surface area contributed by atoms with E-state index in [0.717, 1.165) is 11.6 Å². The number of hydrazine groups is 1. The first-order chi connectivity index (χ1) is 13.2. The lowest BCUT2D eigenvalue weighted by atomic mass is 9.87. The molecule has 0 unspecified atom stereocenters. The molecule has 0 aliphatic rings. The summed E-state index contributed by atoms with van der Waals surface area (Å²) >= 11 is 0. The highest BCUT2D eigenvalue weighted by Gasteiger charge is 2.14. The van der Waals surface area contributed by atoms with Crippen LogP contribution in [0.2, 0.25) is 0 Å². The maximum Gasteiger partial charge on any atom is 0.387 e. The van der Waals surface area contributed by atoms with Crippen LogP contribution >= 0.6 is 0 Å². The molecule has 0 spiro atoms. The number of benzene rings is 2. The van der Waals surface area contributed by atoms with Crippen molar-refractivity contribution in [1.29, 1.82) is 0 Å². The van der Waals surface area contributed by atoms with Gasteiger partial charge in [-0.15, -0.1) is 0 Å². The fraction of sp³-hybridized carbons (Fsp3) is 0.238. The molecule has 0 saturated carbocycles. The van der Waals surface area contributed by atoms with Crippen molar-refractivity contribution in [3.63, 3.8) is 0 Å². The monoisotopic (exact) mass is 388 g/mol. The molecular formula is C21H22F2N2O3. The van der Waals surface area contributed by atoms with Crippen LogP contribution in [0.5, 0.6) is 5.75 Å². The molecule has 148 valence electrons. The van der Waals surface area contributed by atoms with E-state index in [-0.39, 0.29) is 11.2 Å². The first kappa shape index (κ1) is 21.1. The second-order valence-electron chi connectivity index (χ2n) is 7.02. The average molecular weight is 388 g/mol. The molecular weight excluding hydrogens is 366 g/mol. The number of halogens is 2. The SMILES string of the molecule is CC(C)(C)c1ccc(C(=O)NNC(=O)/C=C/c2ccccc2OC(F)F)cc1. The summed E-state index contributed by atoms with van der Waals surface area (Å²) < 4.78 is 29.2. The van der Waals surface area contributed by atoms with Crippen molar-refractivity contribution in [2.24, 2.45) is 0 Å². The lowest BCUT2D eigenvalue weighted by molar-refractivity contribution is -0.117. The van der Waals surface area contributed by atoms with Gasteiger partial charge in [0.25, 0.3) is 11.8 Å². The lowest BCUT2D eigenvalue weighted by Gasteiger charge is -2.19. The quantitative estimate of drug-likeness (QED) is 0.600. The number of nitrogens with one attached hydrogen (secondary N) is 2. The molecule has 2 aromatic carbocycles. The van der Waals surface area contributed by atoms with Crippen LogP contribution in [0.15, 0.2) is 54.6 Å². The number of amides is 2. The molecule has 0 radical (unpaired) electrons. The third-order valence-corrected chi connectivity index (χ3v) is 3.86. The van der Waals surface area contributed by atoms with E-state index >= 15 is 0 Å². The number of para-hydroxylation sites is 1. The highest BCUT2D eigenvalue weighted by molar-refractivity contribution is 5.98. The Kier molecular flexibility index (Phi) is 6.87. The van der Waals surface area contributed by atoms with Gasteiger partial charge in [-0.25, -0.2) is 0 Å². The number of alkyl halides is 2. The smallest absolute Gasteiger partial charge is 0.387 e. The number of carbonyl (C=O) groups excluding carboxylic acids is 2. The topological polar surface area (TPSA) is 67.4 Å². The van der Waals surface area contributed by atoms with Gasteiger partial charge in [-0.2, -0.15) is 8.78 Å². The molecule has 0 aliphatic carbocycles. The fourth-order valence-corrected chi connectivity index (χ4v) is 2.34. The van der Waals surface area contributed by atoms with Crippen molar-refractivity contribution in [1.82, 2.24) is 10.9 Å². The van der Waals surface area contributed by atoms with E-state index in [1.807, 2.05) is 12.1 Å². The minimum absolute atomic E-state index is 0.0294. The standard InChI is InChI=1S/C21H22F2N2O3/c1-21(2,3)16-11-8-15(9-12-16)19(27)25-24-18(26)13-10-14-6-4-5-7-17(14)28-20(22)23/h4-13,20H,1-3H3,(H,24,26)(H,25,27)/b13-10+. The van der Waals surface area contributed by atoms with Gasteiger partial charge in [-0.05, 0) is 35.3 Å². The van der Waals surface area contributed by atoms with E-state index in [4.69, 9.17) is 0 Å². The third-order valence-electron chi connectivity index (χ3n) is 3.86. The van der Waals surface area contributed by atoms with Crippen molar-refractivity contribution >= 4 is 17.9 Å². The maximum atomic E-state index is 12.4. The van der Waals surface area contributed by atoms with Gasteiger partial charge >= 0.3 is 6.61 Å². The van der Waals surface area contributed by atoms with Gasteiger partial charge in [0.05, 0.1) is 0 Å². The van der Waals surface area contributed by atoms with Crippen LogP contribution in [-0.2, 0) is 10.2 Å². The van der Waals surface area contributed by atoms with Crippen LogP contribution in [0.3, 0.4) is 0 Å². The highest BCUT2D eigenvalue weighted by atomic mass is 19.3. The summed E-state index contributed by atoms with van der Waals surface area (Å²) in [4.78, 5) is 24.0. The Morgan fingerprint density at radius 1 is 1.00 bits per heavy atom. The molecule has 0 atom stereocenters. The normalized spacial score (nSPS) is 11.5. The van der Waals surface area contributed by atoms with E-state index in [9.17, 15) is 18.4 Å². The maximum absolute atomic E-state index is 12.4. The lowest BCUT2D eigenvalue weighted by Crippen LogP contribution is -2.40. The Hall–Kier alpha value is -3.22. The Morgan fingerprint density at radius 2 is 1.64 bits per heavy atom. The van der Waals surface area contributed by atoms with Crippen molar-refractivity contribution in [3.05, 3.63) is 71.3 Å². The molecule has 7 heteroatoms. The van der Waals surface area contributed by atoms with Crippen LogP contribution in [0, 0.1) is 0 Å². The molecule has 5 nitrogen and oxygen atoms in total. The Labute approximate surface area is 162 Å². The summed E-state index contributed by atoms with van der Waals surface area (Å²) in [5.41, 5.74) is 6.30. The van der Waals surface area contributed by atoms with Crippen LogP contribution in [0.1, 0.15) is 42.3 Å². The van der Waals surface area contributed by atoms with E-state index < -0.39 is 18.4 Å². The molecule has 2 rings (SSSR count). The summed E-state index contributed by atoms with van der Waals surface area (Å²) in [5, 5.41) is 0. The van der Waals surface area contributed by atoms with Crippen molar-refractivity contribution in [2.75, 3.05) is 0 Å². The largest absolute Gasteiger partial charge is 0.434 e. The average Bonchev–Trinajstić information content (AvgIpc) is 2.64. The minimum Gasteiger partial charge on any atom is -0.434 e. The molecule has 0 heterocycles. The van der Waals surface area contributed by atoms with Gasteiger partial charge in [0.1, 0.15) is 5.75 Å². The van der Waals surface area contributed by atoms with E-state index in [2.05, 4.69) is 36.4 Å². The zero-order valence-corrected chi connectivity index (χ0v) is 15.8. The Morgan fingerprint density at radius 3 is 2.25 bits per heavy atom. The predicted octanol–water partition coefficient (Wildman–Crippen LogP) is 4.06. The number of ether oxygens (including phenoxy) is 1. The van der Waals surface area contributed by atoms with E-state index in [1.165, 1.54) is 18.2 Å². The first-order valence-electron chi connectivity index (χ1n) is 8.59. The van der Waals surface area contributed by atoms with Crippen molar-refractivity contribution in [3.8, 4) is 5.75 Å². The second-order valence-corrected chi connectivity index (χ2v) is 7.02. The summed E-state index contributed by atoms with van der Waals surface area (Å²) in [6.45, 7) is 3.24. The molecule has 0 aromatic heterocycles. The number of rotatable bonds is 5. The minimum atomic E-state index is -2.97. The summed E-state index contributed by atoms with van der Waals surface area (Å²) in [6, 6.07) is 13.1. The van der Waals surface area contributed by atoms with Crippen LogP contribution in [-0.4, -0.2) is 18.4 Å². The molecule has 2 aromatic rings. The second kappa shape index (κ2) is 9.12. The van der Waals surface area contributed by atoms with E-state index in [1.54, 1.807) is 24.3 Å². The Balaban J connectivity index is 1.94. The molecule has 28 heavy (non-hydrogen) atoms. The van der Waals surface area contributed by atoms with E-state index in [0.29, 0.717) is 11.1 Å². The highest BCUT2D eigenvalue weighted by Crippen LogP contribution is 2.22. The third kappa shape index (κ3) is 6.19.